The van der Waals surface area contributed by atoms with Crippen LogP contribution in [0.3, 0.4) is 0 Å². The number of anilines is 1. The molecular weight excluding hydrogens is 504 g/mol. The van der Waals surface area contributed by atoms with E-state index >= 15 is 0 Å². The van der Waals surface area contributed by atoms with Crippen molar-refractivity contribution in [2.24, 2.45) is 0 Å². The van der Waals surface area contributed by atoms with Gasteiger partial charge < -0.3 is 30.3 Å². The van der Waals surface area contributed by atoms with E-state index in [1.807, 2.05) is 30.3 Å². The summed E-state index contributed by atoms with van der Waals surface area (Å²) >= 11 is 6.06. The van der Waals surface area contributed by atoms with Crippen LogP contribution in [-0.4, -0.2) is 48.0 Å². The van der Waals surface area contributed by atoms with Gasteiger partial charge in [-0.25, -0.2) is 4.79 Å². The lowest BCUT2D eigenvalue weighted by Gasteiger charge is -2.27. The predicted octanol–water partition coefficient (Wildman–Crippen LogP) is 5.60. The van der Waals surface area contributed by atoms with Crippen LogP contribution in [-0.2, 0) is 17.6 Å². The van der Waals surface area contributed by atoms with Crippen LogP contribution < -0.4 is 15.4 Å². The van der Waals surface area contributed by atoms with Gasteiger partial charge >= 0.3 is 5.97 Å². The first-order valence-electron chi connectivity index (χ1n) is 13.1. The molecule has 200 valence electrons. The molecule has 0 radical (unpaired) electrons. The van der Waals surface area contributed by atoms with E-state index in [1.165, 1.54) is 11.1 Å². The SMILES string of the molecule is O=C(O)c1cc(NC2CCOCC2)cc(Oc2ccc3c(c2)C[C@@H](NC[C@H](O)c2cccc(Cl)c2)CC3)c1. The Hall–Kier alpha value is -3.10. The Morgan fingerprint density at radius 3 is 2.63 bits per heavy atom. The van der Waals surface area contributed by atoms with Gasteiger partial charge in [-0.05, 0) is 85.2 Å². The zero-order valence-corrected chi connectivity index (χ0v) is 21.9. The second kappa shape index (κ2) is 12.2. The smallest absolute Gasteiger partial charge is 0.335 e. The van der Waals surface area contributed by atoms with Gasteiger partial charge in [-0.1, -0.05) is 29.8 Å². The topological polar surface area (TPSA) is 100 Å². The molecular formula is C30H33ClN2O5. The number of carboxylic acid groups (broad SMARTS) is 1. The molecule has 2 atom stereocenters. The number of carbonyl (C=O) groups is 1. The molecule has 1 aliphatic heterocycles. The fourth-order valence-corrected chi connectivity index (χ4v) is 5.36. The van der Waals surface area contributed by atoms with Crippen LogP contribution in [0.15, 0.2) is 60.7 Å². The third-order valence-corrected chi connectivity index (χ3v) is 7.46. The monoisotopic (exact) mass is 536 g/mol. The first-order chi connectivity index (χ1) is 18.4. The number of benzene rings is 3. The minimum absolute atomic E-state index is 0.178. The van der Waals surface area contributed by atoms with Crippen molar-refractivity contribution in [2.45, 2.75) is 50.3 Å². The van der Waals surface area contributed by atoms with E-state index in [9.17, 15) is 15.0 Å². The quantitative estimate of drug-likeness (QED) is 0.282. The van der Waals surface area contributed by atoms with Gasteiger partial charge in [0.2, 0.25) is 0 Å². The van der Waals surface area contributed by atoms with Crippen LogP contribution in [0.1, 0.15) is 52.4 Å². The molecule has 0 unspecified atom stereocenters. The van der Waals surface area contributed by atoms with Crippen molar-refractivity contribution in [2.75, 3.05) is 25.1 Å². The fraction of sp³-hybridized carbons (Fsp3) is 0.367. The zero-order chi connectivity index (χ0) is 26.5. The number of aliphatic hydroxyl groups is 1. The lowest BCUT2D eigenvalue weighted by Crippen LogP contribution is -2.37. The van der Waals surface area contributed by atoms with E-state index in [4.69, 9.17) is 21.1 Å². The van der Waals surface area contributed by atoms with Gasteiger partial charge in [-0.2, -0.15) is 0 Å². The fourth-order valence-electron chi connectivity index (χ4n) is 5.16. The summed E-state index contributed by atoms with van der Waals surface area (Å²) in [6.07, 6.45) is 3.87. The Morgan fingerprint density at radius 1 is 1.00 bits per heavy atom. The lowest BCUT2D eigenvalue weighted by atomic mass is 9.88. The molecule has 8 heteroatoms. The number of hydrogen-bond acceptors (Lipinski definition) is 6. The highest BCUT2D eigenvalue weighted by atomic mass is 35.5. The molecule has 1 saturated heterocycles. The Morgan fingerprint density at radius 2 is 1.84 bits per heavy atom. The molecule has 3 aromatic carbocycles. The van der Waals surface area contributed by atoms with Crippen LogP contribution in [0.5, 0.6) is 11.5 Å². The van der Waals surface area contributed by atoms with Crippen molar-refractivity contribution in [3.63, 3.8) is 0 Å². The second-order valence-electron chi connectivity index (χ2n) is 10.0. The summed E-state index contributed by atoms with van der Waals surface area (Å²) in [7, 11) is 0. The molecule has 2 aliphatic rings. The van der Waals surface area contributed by atoms with E-state index < -0.39 is 12.1 Å². The minimum atomic E-state index is -0.996. The summed E-state index contributed by atoms with van der Waals surface area (Å²) in [4.78, 5) is 11.8. The Balaban J connectivity index is 1.25. The molecule has 0 saturated carbocycles. The summed E-state index contributed by atoms with van der Waals surface area (Å²) in [5.41, 5.74) is 4.18. The number of hydrogen-bond donors (Lipinski definition) is 4. The highest BCUT2D eigenvalue weighted by molar-refractivity contribution is 6.30. The van der Waals surface area contributed by atoms with Gasteiger partial charge in [0.1, 0.15) is 11.5 Å². The third kappa shape index (κ3) is 6.85. The van der Waals surface area contributed by atoms with Crippen LogP contribution in [0.4, 0.5) is 5.69 Å². The third-order valence-electron chi connectivity index (χ3n) is 7.22. The molecule has 1 heterocycles. The van der Waals surface area contributed by atoms with E-state index in [1.54, 1.807) is 24.3 Å². The van der Waals surface area contributed by atoms with Gasteiger partial charge in [0, 0.05) is 48.6 Å². The van der Waals surface area contributed by atoms with Crippen LogP contribution >= 0.6 is 11.6 Å². The number of nitrogens with one attached hydrogen (secondary N) is 2. The number of rotatable bonds is 9. The molecule has 0 spiro atoms. The lowest BCUT2D eigenvalue weighted by molar-refractivity contribution is 0.0696. The number of aliphatic hydroxyl groups excluding tert-OH is 1. The van der Waals surface area contributed by atoms with Crippen LogP contribution in [0, 0.1) is 0 Å². The van der Waals surface area contributed by atoms with E-state index in [0.29, 0.717) is 36.3 Å². The molecule has 0 bridgehead atoms. The number of carboxylic acids is 1. The summed E-state index contributed by atoms with van der Waals surface area (Å²) in [6, 6.07) is 18.9. The average molecular weight is 537 g/mol. The molecule has 7 nitrogen and oxygen atoms in total. The zero-order valence-electron chi connectivity index (χ0n) is 21.2. The number of halogens is 1. The minimum Gasteiger partial charge on any atom is -0.478 e. The number of aromatic carboxylic acids is 1. The first kappa shape index (κ1) is 26.5. The molecule has 38 heavy (non-hydrogen) atoms. The molecule has 1 aliphatic carbocycles. The van der Waals surface area contributed by atoms with Crippen molar-refractivity contribution in [1.29, 1.82) is 0 Å². The van der Waals surface area contributed by atoms with Crippen molar-refractivity contribution in [1.82, 2.24) is 5.32 Å². The molecule has 0 amide bonds. The maximum atomic E-state index is 11.8. The Labute approximate surface area is 227 Å². The average Bonchev–Trinajstić information content (AvgIpc) is 2.92. The largest absolute Gasteiger partial charge is 0.478 e. The van der Waals surface area contributed by atoms with Crippen LogP contribution in [0.2, 0.25) is 5.02 Å². The summed E-state index contributed by atoms with van der Waals surface area (Å²) in [5, 5.41) is 27.8. The van der Waals surface area contributed by atoms with E-state index in [0.717, 1.165) is 43.4 Å². The number of aryl methyl sites for hydroxylation is 1. The van der Waals surface area contributed by atoms with E-state index in [2.05, 4.69) is 16.7 Å². The maximum absolute atomic E-state index is 11.8. The summed E-state index contributed by atoms with van der Waals surface area (Å²) < 4.78 is 11.6. The normalized spacial score (nSPS) is 18.4. The van der Waals surface area contributed by atoms with E-state index in [-0.39, 0.29) is 17.6 Å². The number of ether oxygens (including phenoxy) is 2. The van der Waals surface area contributed by atoms with Crippen molar-refractivity contribution in [3.8, 4) is 11.5 Å². The molecule has 0 aromatic heterocycles. The van der Waals surface area contributed by atoms with Crippen LogP contribution in [0.25, 0.3) is 0 Å². The molecule has 3 aromatic rings. The molecule has 5 rings (SSSR count). The van der Waals surface area contributed by atoms with Crippen molar-refractivity contribution < 1.29 is 24.5 Å². The highest BCUT2D eigenvalue weighted by Gasteiger charge is 2.21. The number of fused-ring (bicyclic) bond motifs is 1. The van der Waals surface area contributed by atoms with Gasteiger partial charge in [0.05, 0.1) is 11.7 Å². The molecule has 1 fully saturated rings. The van der Waals surface area contributed by atoms with Crippen molar-refractivity contribution >= 4 is 23.3 Å². The molecule has 4 N–H and O–H groups in total. The Bertz CT molecular complexity index is 1280. The van der Waals surface area contributed by atoms with Gasteiger partial charge in [-0.3, -0.25) is 0 Å². The maximum Gasteiger partial charge on any atom is 0.335 e. The predicted molar refractivity (Wildman–Crippen MR) is 148 cm³/mol. The van der Waals surface area contributed by atoms with Gasteiger partial charge in [-0.15, -0.1) is 0 Å². The first-order valence-corrected chi connectivity index (χ1v) is 13.5. The summed E-state index contributed by atoms with van der Waals surface area (Å²) in [5.74, 6) is 0.155. The summed E-state index contributed by atoms with van der Waals surface area (Å²) in [6.45, 7) is 1.84. The van der Waals surface area contributed by atoms with Gasteiger partial charge in [0.15, 0.2) is 0 Å². The van der Waals surface area contributed by atoms with Gasteiger partial charge in [0.25, 0.3) is 0 Å². The van der Waals surface area contributed by atoms with Crippen molar-refractivity contribution in [3.05, 3.63) is 87.9 Å². The highest BCUT2D eigenvalue weighted by Crippen LogP contribution is 2.31. The Kier molecular flexibility index (Phi) is 8.49. The standard InChI is InChI=1S/C30H33ClN2O5/c31-23-3-1-2-20(12-23)29(34)18-32-25-6-4-19-5-7-27(15-21(19)13-25)38-28-16-22(30(35)36)14-26(17-28)33-24-8-10-37-11-9-24/h1-3,5,7,12,14-17,24-25,29,32-34H,4,6,8-11,13,18H2,(H,35,36)/t25-,29-/m0/s1. The second-order valence-corrected chi connectivity index (χ2v) is 10.5.